The minimum atomic E-state index is -0.290. The van der Waals surface area contributed by atoms with E-state index in [0.717, 1.165) is 4.90 Å². The number of benzene rings is 2. The third-order valence-corrected chi connectivity index (χ3v) is 4.84. The van der Waals surface area contributed by atoms with Crippen LogP contribution in [0.2, 0.25) is 0 Å². The molecule has 0 saturated carbocycles. The summed E-state index contributed by atoms with van der Waals surface area (Å²) in [5, 5.41) is 5.34. The molecule has 0 spiro atoms. The number of carbonyl (C=O) groups excluding carboxylic acids is 2. The van der Waals surface area contributed by atoms with Gasteiger partial charge in [-0.05, 0) is 38.1 Å². The van der Waals surface area contributed by atoms with Gasteiger partial charge in [0.15, 0.2) is 0 Å². The van der Waals surface area contributed by atoms with Crippen molar-refractivity contribution < 1.29 is 14.3 Å². The van der Waals surface area contributed by atoms with E-state index in [9.17, 15) is 9.59 Å². The highest BCUT2D eigenvalue weighted by atomic mass is 32.2. The number of anilines is 1. The normalized spacial score (nSPS) is 11.7. The molecule has 26 heavy (non-hydrogen) atoms. The molecule has 0 aliphatic carbocycles. The minimum absolute atomic E-state index is 0.146. The molecule has 2 aromatic carbocycles. The Morgan fingerprint density at radius 1 is 1.12 bits per heavy atom. The summed E-state index contributed by atoms with van der Waals surface area (Å²) in [7, 11) is 1.58. The third-order valence-electron chi connectivity index (χ3n) is 3.72. The highest BCUT2D eigenvalue weighted by Gasteiger charge is 2.18. The molecule has 0 aromatic heterocycles. The number of aryl methyl sites for hydroxylation is 1. The van der Waals surface area contributed by atoms with E-state index < -0.39 is 0 Å². The molecule has 0 saturated heterocycles. The summed E-state index contributed by atoms with van der Waals surface area (Å²) in [6.45, 7) is 4.72. The monoisotopic (exact) mass is 372 g/mol. The van der Waals surface area contributed by atoms with Crippen LogP contribution in [0.3, 0.4) is 0 Å². The van der Waals surface area contributed by atoms with Gasteiger partial charge in [0.25, 0.3) is 5.91 Å². The number of para-hydroxylation sites is 1. The summed E-state index contributed by atoms with van der Waals surface area (Å²) in [5.74, 6) is -0.385. The number of methoxy groups -OCH3 is 1. The highest BCUT2D eigenvalue weighted by molar-refractivity contribution is 8.00. The van der Waals surface area contributed by atoms with Crippen LogP contribution in [-0.2, 0) is 9.53 Å². The van der Waals surface area contributed by atoms with Crippen LogP contribution in [0.4, 0.5) is 5.69 Å². The third kappa shape index (κ3) is 5.89. The van der Waals surface area contributed by atoms with Crippen molar-refractivity contribution >= 4 is 29.3 Å². The molecular formula is C20H24N2O3S. The van der Waals surface area contributed by atoms with Crippen molar-refractivity contribution in [2.24, 2.45) is 0 Å². The molecule has 138 valence electrons. The molecule has 0 aliphatic rings. The van der Waals surface area contributed by atoms with Crippen LogP contribution in [0.15, 0.2) is 53.4 Å². The zero-order valence-electron chi connectivity index (χ0n) is 15.2. The van der Waals surface area contributed by atoms with E-state index in [2.05, 4.69) is 10.6 Å². The maximum Gasteiger partial charge on any atom is 0.253 e. The van der Waals surface area contributed by atoms with Crippen molar-refractivity contribution in [1.29, 1.82) is 0 Å². The van der Waals surface area contributed by atoms with Crippen molar-refractivity contribution in [2.45, 2.75) is 24.0 Å². The molecule has 2 rings (SSSR count). The quantitative estimate of drug-likeness (QED) is 0.550. The zero-order valence-corrected chi connectivity index (χ0v) is 16.1. The Bertz CT molecular complexity index is 747. The number of thioether (sulfide) groups is 1. The van der Waals surface area contributed by atoms with E-state index in [1.165, 1.54) is 17.3 Å². The second-order valence-electron chi connectivity index (χ2n) is 5.86. The fraction of sp³-hybridized carbons (Fsp3) is 0.300. The smallest absolute Gasteiger partial charge is 0.253 e. The molecule has 0 heterocycles. The summed E-state index contributed by atoms with van der Waals surface area (Å²) < 4.78 is 4.93. The number of ether oxygens (including phenoxy) is 1. The van der Waals surface area contributed by atoms with Crippen LogP contribution in [0.1, 0.15) is 22.8 Å². The maximum absolute atomic E-state index is 12.5. The van der Waals surface area contributed by atoms with E-state index in [-0.39, 0.29) is 17.1 Å². The molecule has 1 atom stereocenters. The number of amides is 2. The number of nitrogens with one attached hydrogen (secondary N) is 2. The van der Waals surface area contributed by atoms with Crippen LogP contribution >= 0.6 is 11.8 Å². The van der Waals surface area contributed by atoms with Crippen LogP contribution in [-0.4, -0.2) is 37.3 Å². The lowest BCUT2D eigenvalue weighted by Crippen LogP contribution is -2.29. The fourth-order valence-corrected chi connectivity index (χ4v) is 3.13. The first-order valence-electron chi connectivity index (χ1n) is 8.41. The molecule has 0 unspecified atom stereocenters. The molecular weight excluding hydrogens is 348 g/mol. The number of rotatable bonds is 8. The van der Waals surface area contributed by atoms with Crippen LogP contribution < -0.4 is 10.6 Å². The van der Waals surface area contributed by atoms with Gasteiger partial charge in [0.05, 0.1) is 23.1 Å². The van der Waals surface area contributed by atoms with Crippen molar-refractivity contribution in [3.63, 3.8) is 0 Å². The van der Waals surface area contributed by atoms with Crippen molar-refractivity contribution in [1.82, 2.24) is 5.32 Å². The lowest BCUT2D eigenvalue weighted by molar-refractivity contribution is -0.115. The van der Waals surface area contributed by atoms with Gasteiger partial charge in [-0.3, -0.25) is 9.59 Å². The summed E-state index contributed by atoms with van der Waals surface area (Å²) in [5.41, 5.74) is 2.12. The standard InChI is InChI=1S/C20H24N2O3S/c1-14-8-10-16(11-9-14)26-15(2)19(23)22-18-7-5-4-6-17(18)20(24)21-12-13-25-3/h4-11,15H,12-13H2,1-3H3,(H,21,24)(H,22,23)/t15-/m0/s1. The molecule has 0 bridgehead atoms. The van der Waals surface area contributed by atoms with E-state index >= 15 is 0 Å². The Morgan fingerprint density at radius 3 is 2.50 bits per heavy atom. The first-order chi connectivity index (χ1) is 12.5. The number of carbonyl (C=O) groups is 2. The van der Waals surface area contributed by atoms with Crippen molar-refractivity contribution in [2.75, 3.05) is 25.6 Å². The van der Waals surface area contributed by atoms with Gasteiger partial charge >= 0.3 is 0 Å². The van der Waals surface area contributed by atoms with Gasteiger partial charge in [-0.25, -0.2) is 0 Å². The van der Waals surface area contributed by atoms with E-state index in [4.69, 9.17) is 4.74 Å². The predicted octanol–water partition coefficient (Wildman–Crippen LogP) is 3.49. The topological polar surface area (TPSA) is 67.4 Å². The van der Waals surface area contributed by atoms with Gasteiger partial charge in [0.1, 0.15) is 0 Å². The first kappa shape index (κ1) is 20.0. The van der Waals surface area contributed by atoms with Crippen LogP contribution in [0, 0.1) is 6.92 Å². The largest absolute Gasteiger partial charge is 0.383 e. The average Bonchev–Trinajstić information content (AvgIpc) is 2.64. The highest BCUT2D eigenvalue weighted by Crippen LogP contribution is 2.25. The summed E-state index contributed by atoms with van der Waals surface area (Å²) in [6.07, 6.45) is 0. The molecule has 0 aliphatic heterocycles. The van der Waals surface area contributed by atoms with Gasteiger partial charge < -0.3 is 15.4 Å². The molecule has 0 radical (unpaired) electrons. The SMILES string of the molecule is COCCNC(=O)c1ccccc1NC(=O)[C@H](C)Sc1ccc(C)cc1. The van der Waals surface area contributed by atoms with E-state index in [1.807, 2.05) is 38.1 Å². The van der Waals surface area contributed by atoms with Crippen LogP contribution in [0.25, 0.3) is 0 Å². The van der Waals surface area contributed by atoms with E-state index in [1.54, 1.807) is 31.4 Å². The Balaban J connectivity index is 2.01. The van der Waals surface area contributed by atoms with Gasteiger partial charge in [-0.2, -0.15) is 0 Å². The van der Waals surface area contributed by atoms with Crippen molar-refractivity contribution in [3.8, 4) is 0 Å². The van der Waals surface area contributed by atoms with Gasteiger partial charge in [-0.15, -0.1) is 11.8 Å². The van der Waals surface area contributed by atoms with E-state index in [0.29, 0.717) is 24.4 Å². The number of hydrogen-bond acceptors (Lipinski definition) is 4. The molecule has 2 amide bonds. The van der Waals surface area contributed by atoms with Gasteiger partial charge in [0.2, 0.25) is 5.91 Å². The Hall–Kier alpha value is -2.31. The van der Waals surface area contributed by atoms with Crippen molar-refractivity contribution in [3.05, 3.63) is 59.7 Å². The van der Waals surface area contributed by atoms with Gasteiger partial charge in [-0.1, -0.05) is 29.8 Å². The average molecular weight is 372 g/mol. The molecule has 2 N–H and O–H groups in total. The Morgan fingerprint density at radius 2 is 1.81 bits per heavy atom. The molecule has 6 heteroatoms. The van der Waals surface area contributed by atoms with Crippen LogP contribution in [0.5, 0.6) is 0 Å². The predicted molar refractivity (Wildman–Crippen MR) is 106 cm³/mol. The summed E-state index contributed by atoms with van der Waals surface area (Å²) in [4.78, 5) is 25.9. The lowest BCUT2D eigenvalue weighted by Gasteiger charge is -2.15. The summed E-state index contributed by atoms with van der Waals surface area (Å²) >= 11 is 1.48. The first-order valence-corrected chi connectivity index (χ1v) is 9.29. The Labute approximate surface area is 158 Å². The zero-order chi connectivity index (χ0) is 18.9. The number of hydrogen-bond donors (Lipinski definition) is 2. The second kappa shape index (κ2) is 9.99. The molecule has 2 aromatic rings. The second-order valence-corrected chi connectivity index (χ2v) is 7.27. The van der Waals surface area contributed by atoms with Gasteiger partial charge in [0, 0.05) is 18.6 Å². The summed E-state index contributed by atoms with van der Waals surface area (Å²) in [6, 6.07) is 15.0. The maximum atomic E-state index is 12.5. The molecule has 5 nitrogen and oxygen atoms in total. The fourth-order valence-electron chi connectivity index (χ4n) is 2.26. The molecule has 0 fully saturated rings. The minimum Gasteiger partial charge on any atom is -0.383 e. The Kier molecular flexibility index (Phi) is 7.69. The lowest BCUT2D eigenvalue weighted by atomic mass is 10.1.